The number of hydrogen-bond acceptors (Lipinski definition) is 4. The summed E-state index contributed by atoms with van der Waals surface area (Å²) in [7, 11) is 0. The zero-order valence-electron chi connectivity index (χ0n) is 16.5. The molecule has 0 aliphatic carbocycles. The van der Waals surface area contributed by atoms with Gasteiger partial charge < -0.3 is 15.4 Å². The van der Waals surface area contributed by atoms with Crippen LogP contribution in [0.15, 0.2) is 54.6 Å². The fourth-order valence-electron chi connectivity index (χ4n) is 2.61. The van der Waals surface area contributed by atoms with Crippen molar-refractivity contribution < 1.29 is 19.1 Å². The van der Waals surface area contributed by atoms with Crippen LogP contribution in [-0.4, -0.2) is 30.4 Å². The summed E-state index contributed by atoms with van der Waals surface area (Å²) in [5.74, 6) is -1.31. The Hall–Kier alpha value is -2.86. The summed E-state index contributed by atoms with van der Waals surface area (Å²) in [6, 6.07) is 14.9. The molecule has 0 radical (unpaired) electrons. The third-order valence-electron chi connectivity index (χ3n) is 4.08. The van der Waals surface area contributed by atoms with Gasteiger partial charge >= 0.3 is 5.97 Å². The molecule has 0 heterocycles. The molecule has 0 bridgehead atoms. The van der Waals surface area contributed by atoms with Crippen LogP contribution in [0, 0.1) is 5.92 Å². The molecule has 2 aromatic carbocycles. The van der Waals surface area contributed by atoms with Crippen LogP contribution in [0.25, 0.3) is 0 Å². The minimum atomic E-state index is -0.847. The van der Waals surface area contributed by atoms with Gasteiger partial charge in [-0.1, -0.05) is 55.8 Å². The Morgan fingerprint density at radius 2 is 1.66 bits per heavy atom. The van der Waals surface area contributed by atoms with Gasteiger partial charge in [0.15, 0.2) is 6.61 Å². The van der Waals surface area contributed by atoms with E-state index in [4.69, 9.17) is 16.3 Å². The number of benzene rings is 2. The molecule has 0 aliphatic heterocycles. The number of carbonyl (C=O) groups excluding carboxylic acids is 3. The summed E-state index contributed by atoms with van der Waals surface area (Å²) in [6.07, 6.45) is 0.393. The van der Waals surface area contributed by atoms with Gasteiger partial charge in [-0.3, -0.25) is 9.59 Å². The Kier molecular flexibility index (Phi) is 8.68. The minimum absolute atomic E-state index is 0.143. The normalized spacial score (nSPS) is 11.6. The maximum absolute atomic E-state index is 12.4. The largest absolute Gasteiger partial charge is 0.454 e. The van der Waals surface area contributed by atoms with E-state index in [2.05, 4.69) is 10.6 Å². The lowest BCUT2D eigenvalue weighted by Gasteiger charge is -2.19. The number of nitrogens with one attached hydrogen (secondary N) is 2. The highest BCUT2D eigenvalue weighted by Crippen LogP contribution is 2.11. The molecule has 2 N–H and O–H groups in total. The summed E-state index contributed by atoms with van der Waals surface area (Å²) >= 11 is 5.83. The quantitative estimate of drug-likeness (QED) is 0.614. The molecule has 0 aromatic heterocycles. The van der Waals surface area contributed by atoms with Crippen molar-refractivity contribution in [2.75, 3.05) is 6.61 Å². The lowest BCUT2D eigenvalue weighted by Crippen LogP contribution is -2.43. The summed E-state index contributed by atoms with van der Waals surface area (Å²) < 4.78 is 5.12. The Labute approximate surface area is 175 Å². The number of hydrogen-bond donors (Lipinski definition) is 2. The highest BCUT2D eigenvalue weighted by Gasteiger charge is 2.24. The van der Waals surface area contributed by atoms with E-state index in [0.717, 1.165) is 5.56 Å². The van der Waals surface area contributed by atoms with Crippen molar-refractivity contribution in [3.05, 3.63) is 70.7 Å². The maximum Gasteiger partial charge on any atom is 0.329 e. The standard InChI is InChI=1S/C22H25ClN2O4/c1-15(2)12-19(25-21(27)17-8-10-18(23)11-9-17)22(28)29-14-20(26)24-13-16-6-4-3-5-7-16/h3-11,15,19H,12-14H2,1-2H3,(H,24,26)(H,25,27)/t19-/m1/s1. The topological polar surface area (TPSA) is 84.5 Å². The molecule has 29 heavy (non-hydrogen) atoms. The van der Waals surface area contributed by atoms with Gasteiger partial charge in [0.25, 0.3) is 11.8 Å². The number of ether oxygens (including phenoxy) is 1. The third kappa shape index (κ3) is 7.95. The van der Waals surface area contributed by atoms with Gasteiger partial charge in [0.2, 0.25) is 0 Å². The molecule has 0 spiro atoms. The van der Waals surface area contributed by atoms with Crippen molar-refractivity contribution >= 4 is 29.4 Å². The average molecular weight is 417 g/mol. The van der Waals surface area contributed by atoms with E-state index >= 15 is 0 Å². The summed E-state index contributed by atoms with van der Waals surface area (Å²) in [4.78, 5) is 36.8. The number of esters is 1. The molecular formula is C22H25ClN2O4. The highest BCUT2D eigenvalue weighted by atomic mass is 35.5. The molecule has 2 aromatic rings. The molecule has 154 valence electrons. The Morgan fingerprint density at radius 3 is 2.28 bits per heavy atom. The molecule has 0 fully saturated rings. The van der Waals surface area contributed by atoms with Gasteiger partial charge in [0.1, 0.15) is 6.04 Å². The second-order valence-corrected chi connectivity index (χ2v) is 7.47. The summed E-state index contributed by atoms with van der Waals surface area (Å²) in [6.45, 7) is 3.81. The molecule has 1 atom stereocenters. The monoisotopic (exact) mass is 416 g/mol. The van der Waals surface area contributed by atoms with Gasteiger partial charge in [-0.2, -0.15) is 0 Å². The van der Waals surface area contributed by atoms with Crippen LogP contribution in [0.3, 0.4) is 0 Å². The average Bonchev–Trinajstić information content (AvgIpc) is 2.70. The van der Waals surface area contributed by atoms with Crippen molar-refractivity contribution in [1.82, 2.24) is 10.6 Å². The lowest BCUT2D eigenvalue weighted by molar-refractivity contribution is -0.150. The van der Waals surface area contributed by atoms with Gasteiger partial charge in [0.05, 0.1) is 0 Å². The zero-order valence-corrected chi connectivity index (χ0v) is 17.2. The Morgan fingerprint density at radius 1 is 1.00 bits per heavy atom. The van der Waals surface area contributed by atoms with E-state index in [1.807, 2.05) is 44.2 Å². The fourth-order valence-corrected chi connectivity index (χ4v) is 2.74. The molecular weight excluding hydrogens is 392 g/mol. The number of carbonyl (C=O) groups is 3. The molecule has 0 aliphatic rings. The van der Waals surface area contributed by atoms with Crippen LogP contribution in [0.1, 0.15) is 36.2 Å². The van der Waals surface area contributed by atoms with E-state index in [0.29, 0.717) is 23.6 Å². The van der Waals surface area contributed by atoms with Crippen LogP contribution in [0.5, 0.6) is 0 Å². The SMILES string of the molecule is CC(C)C[C@@H](NC(=O)c1ccc(Cl)cc1)C(=O)OCC(=O)NCc1ccccc1. The second kappa shape index (κ2) is 11.2. The first-order valence-corrected chi connectivity index (χ1v) is 9.76. The molecule has 2 rings (SSSR count). The smallest absolute Gasteiger partial charge is 0.329 e. The number of halogens is 1. The van der Waals surface area contributed by atoms with Gasteiger partial charge in [-0.15, -0.1) is 0 Å². The van der Waals surface area contributed by atoms with Gasteiger partial charge in [0, 0.05) is 17.1 Å². The Balaban J connectivity index is 1.87. The van der Waals surface area contributed by atoms with Gasteiger partial charge in [-0.05, 0) is 42.2 Å². The highest BCUT2D eigenvalue weighted by molar-refractivity contribution is 6.30. The predicted molar refractivity (Wildman–Crippen MR) is 111 cm³/mol. The third-order valence-corrected chi connectivity index (χ3v) is 4.33. The van der Waals surface area contributed by atoms with Crippen LogP contribution in [0.2, 0.25) is 5.02 Å². The van der Waals surface area contributed by atoms with E-state index in [1.54, 1.807) is 24.3 Å². The van der Waals surface area contributed by atoms with Crippen molar-refractivity contribution in [2.45, 2.75) is 32.9 Å². The van der Waals surface area contributed by atoms with Crippen molar-refractivity contribution in [3.63, 3.8) is 0 Å². The molecule has 0 saturated carbocycles. The summed E-state index contributed by atoms with van der Waals surface area (Å²) in [5.41, 5.74) is 1.33. The first-order valence-electron chi connectivity index (χ1n) is 9.39. The van der Waals surface area contributed by atoms with Crippen LogP contribution >= 0.6 is 11.6 Å². The van der Waals surface area contributed by atoms with E-state index in [-0.39, 0.29) is 5.92 Å². The first kappa shape index (κ1) is 22.4. The van der Waals surface area contributed by atoms with Gasteiger partial charge in [-0.25, -0.2) is 4.79 Å². The minimum Gasteiger partial charge on any atom is -0.454 e. The first-order chi connectivity index (χ1) is 13.8. The van der Waals surface area contributed by atoms with E-state index in [9.17, 15) is 14.4 Å². The molecule has 6 nitrogen and oxygen atoms in total. The van der Waals surface area contributed by atoms with Crippen LogP contribution in [0.4, 0.5) is 0 Å². The molecule has 7 heteroatoms. The van der Waals surface area contributed by atoms with E-state index < -0.39 is 30.4 Å². The molecule has 0 unspecified atom stereocenters. The Bertz CT molecular complexity index is 822. The van der Waals surface area contributed by atoms with Crippen LogP contribution in [-0.2, 0) is 20.9 Å². The van der Waals surface area contributed by atoms with Crippen molar-refractivity contribution in [2.24, 2.45) is 5.92 Å². The van der Waals surface area contributed by atoms with Crippen molar-refractivity contribution in [1.29, 1.82) is 0 Å². The summed E-state index contributed by atoms with van der Waals surface area (Å²) in [5, 5.41) is 5.88. The fraction of sp³-hybridized carbons (Fsp3) is 0.318. The number of amides is 2. The maximum atomic E-state index is 12.4. The molecule has 0 saturated heterocycles. The number of rotatable bonds is 9. The lowest BCUT2D eigenvalue weighted by atomic mass is 10.0. The van der Waals surface area contributed by atoms with Crippen molar-refractivity contribution in [3.8, 4) is 0 Å². The van der Waals surface area contributed by atoms with E-state index in [1.165, 1.54) is 0 Å². The van der Waals surface area contributed by atoms with Crippen LogP contribution < -0.4 is 10.6 Å². The zero-order chi connectivity index (χ0) is 21.2. The second-order valence-electron chi connectivity index (χ2n) is 7.03. The predicted octanol–water partition coefficient (Wildman–Crippen LogP) is 3.34. The molecule has 2 amide bonds.